The summed E-state index contributed by atoms with van der Waals surface area (Å²) in [4.78, 5) is 22.3. The number of carbonyl (C=O) groups is 1. The van der Waals surface area contributed by atoms with Gasteiger partial charge in [-0.1, -0.05) is 6.07 Å². The maximum atomic E-state index is 11.7. The summed E-state index contributed by atoms with van der Waals surface area (Å²) in [5.74, 6) is 0.116. The van der Waals surface area contributed by atoms with E-state index in [-0.39, 0.29) is 17.3 Å². The van der Waals surface area contributed by atoms with Gasteiger partial charge in [-0.2, -0.15) is 0 Å². The van der Waals surface area contributed by atoms with Crippen molar-refractivity contribution in [2.45, 2.75) is 13.5 Å². The van der Waals surface area contributed by atoms with E-state index in [0.717, 1.165) is 11.3 Å². The molecule has 2 aromatic carbocycles. The van der Waals surface area contributed by atoms with Gasteiger partial charge in [0.1, 0.15) is 0 Å². The number of nitro groups is 1. The Kier molecular flexibility index (Phi) is 5.73. The summed E-state index contributed by atoms with van der Waals surface area (Å²) >= 11 is 0. The molecule has 0 fully saturated rings. The number of nitrogens with zero attached hydrogens (tertiary/aromatic N) is 1. The summed E-state index contributed by atoms with van der Waals surface area (Å²) in [6.45, 7) is 2.86. The van der Waals surface area contributed by atoms with Crippen molar-refractivity contribution in [1.29, 1.82) is 0 Å². The molecule has 2 aromatic rings. The third-order valence-corrected chi connectivity index (χ3v) is 3.42. The van der Waals surface area contributed by atoms with Crippen molar-refractivity contribution in [3.8, 4) is 5.75 Å². The number of anilines is 1. The SMILES string of the molecule is CCNC(=O)c1ccc(NCc2ccc(OC)c([N+](=O)[O-])c2)cc1. The Morgan fingerprint density at radius 2 is 1.92 bits per heavy atom. The Balaban J connectivity index is 2.04. The van der Waals surface area contributed by atoms with E-state index in [1.54, 1.807) is 36.4 Å². The number of rotatable bonds is 7. The fraction of sp³-hybridized carbons (Fsp3) is 0.235. The highest BCUT2D eigenvalue weighted by Crippen LogP contribution is 2.27. The number of hydrogen-bond donors (Lipinski definition) is 2. The minimum Gasteiger partial charge on any atom is -0.490 e. The molecule has 0 saturated heterocycles. The van der Waals surface area contributed by atoms with Gasteiger partial charge in [-0.05, 0) is 42.8 Å². The Labute approximate surface area is 139 Å². The smallest absolute Gasteiger partial charge is 0.311 e. The molecule has 0 radical (unpaired) electrons. The molecule has 126 valence electrons. The number of hydrogen-bond acceptors (Lipinski definition) is 5. The van der Waals surface area contributed by atoms with Crippen molar-refractivity contribution in [2.75, 3.05) is 19.0 Å². The lowest BCUT2D eigenvalue weighted by Gasteiger charge is -2.09. The lowest BCUT2D eigenvalue weighted by Crippen LogP contribution is -2.22. The van der Waals surface area contributed by atoms with Crippen LogP contribution >= 0.6 is 0 Å². The zero-order valence-corrected chi connectivity index (χ0v) is 13.5. The van der Waals surface area contributed by atoms with E-state index >= 15 is 0 Å². The topological polar surface area (TPSA) is 93.5 Å². The van der Waals surface area contributed by atoms with Crippen LogP contribution in [-0.4, -0.2) is 24.5 Å². The minimum atomic E-state index is -0.469. The largest absolute Gasteiger partial charge is 0.490 e. The molecule has 24 heavy (non-hydrogen) atoms. The van der Waals surface area contributed by atoms with Crippen LogP contribution in [0.15, 0.2) is 42.5 Å². The van der Waals surface area contributed by atoms with Crippen LogP contribution in [0.3, 0.4) is 0 Å². The van der Waals surface area contributed by atoms with Crippen LogP contribution < -0.4 is 15.4 Å². The van der Waals surface area contributed by atoms with Crippen LogP contribution in [0.5, 0.6) is 5.75 Å². The molecule has 2 rings (SSSR count). The van der Waals surface area contributed by atoms with Crippen molar-refractivity contribution >= 4 is 17.3 Å². The van der Waals surface area contributed by atoms with Crippen LogP contribution in [0, 0.1) is 10.1 Å². The van der Waals surface area contributed by atoms with Crippen molar-refractivity contribution in [3.05, 3.63) is 63.7 Å². The van der Waals surface area contributed by atoms with Crippen LogP contribution in [-0.2, 0) is 6.54 Å². The number of amides is 1. The number of methoxy groups -OCH3 is 1. The van der Waals surface area contributed by atoms with Crippen molar-refractivity contribution in [1.82, 2.24) is 5.32 Å². The molecule has 0 unspecified atom stereocenters. The molecule has 7 nitrogen and oxygen atoms in total. The highest BCUT2D eigenvalue weighted by Gasteiger charge is 2.14. The summed E-state index contributed by atoms with van der Waals surface area (Å²) < 4.78 is 4.98. The normalized spacial score (nSPS) is 10.1. The van der Waals surface area contributed by atoms with Gasteiger partial charge in [0, 0.05) is 30.4 Å². The number of nitro benzene ring substituents is 1. The lowest BCUT2D eigenvalue weighted by atomic mass is 10.1. The molecule has 0 aliphatic carbocycles. The molecule has 0 bridgehead atoms. The lowest BCUT2D eigenvalue weighted by molar-refractivity contribution is -0.385. The second-order valence-electron chi connectivity index (χ2n) is 5.05. The van der Waals surface area contributed by atoms with Gasteiger partial charge < -0.3 is 15.4 Å². The number of ether oxygens (including phenoxy) is 1. The van der Waals surface area contributed by atoms with Crippen LogP contribution in [0.25, 0.3) is 0 Å². The second kappa shape index (κ2) is 7.96. The summed E-state index contributed by atoms with van der Waals surface area (Å²) in [7, 11) is 1.40. The fourth-order valence-corrected chi connectivity index (χ4v) is 2.19. The molecule has 0 aliphatic heterocycles. The summed E-state index contributed by atoms with van der Waals surface area (Å²) in [5.41, 5.74) is 2.10. The predicted molar refractivity (Wildman–Crippen MR) is 91.4 cm³/mol. The van der Waals surface area contributed by atoms with Gasteiger partial charge >= 0.3 is 5.69 Å². The third kappa shape index (κ3) is 4.22. The highest BCUT2D eigenvalue weighted by molar-refractivity contribution is 5.94. The van der Waals surface area contributed by atoms with Crippen LogP contribution in [0.2, 0.25) is 0 Å². The van der Waals surface area contributed by atoms with Crippen LogP contribution in [0.4, 0.5) is 11.4 Å². The number of nitrogens with one attached hydrogen (secondary N) is 2. The van der Waals surface area contributed by atoms with Crippen molar-refractivity contribution in [2.24, 2.45) is 0 Å². The predicted octanol–water partition coefficient (Wildman–Crippen LogP) is 2.97. The Morgan fingerprint density at radius 1 is 1.21 bits per heavy atom. The molecule has 0 atom stereocenters. The van der Waals surface area contributed by atoms with E-state index < -0.39 is 4.92 Å². The zero-order chi connectivity index (χ0) is 17.5. The minimum absolute atomic E-state index is 0.0663. The monoisotopic (exact) mass is 329 g/mol. The molecule has 0 spiro atoms. The van der Waals surface area contributed by atoms with Gasteiger partial charge in [0.15, 0.2) is 5.75 Å². The molecule has 2 N–H and O–H groups in total. The van der Waals surface area contributed by atoms with Gasteiger partial charge in [-0.25, -0.2) is 0 Å². The molecular weight excluding hydrogens is 310 g/mol. The molecular formula is C17H19N3O4. The molecule has 0 saturated carbocycles. The van der Waals surface area contributed by atoms with Gasteiger partial charge in [0.05, 0.1) is 12.0 Å². The Bertz CT molecular complexity index is 729. The first-order valence-electron chi connectivity index (χ1n) is 7.48. The maximum Gasteiger partial charge on any atom is 0.311 e. The van der Waals surface area contributed by atoms with E-state index in [4.69, 9.17) is 4.74 Å². The summed E-state index contributed by atoms with van der Waals surface area (Å²) in [6, 6.07) is 11.9. The van der Waals surface area contributed by atoms with E-state index in [1.807, 2.05) is 6.92 Å². The van der Waals surface area contributed by atoms with Crippen molar-refractivity contribution in [3.63, 3.8) is 0 Å². The Morgan fingerprint density at radius 3 is 2.50 bits per heavy atom. The summed E-state index contributed by atoms with van der Waals surface area (Å²) in [5, 5.41) is 16.9. The number of benzene rings is 2. The van der Waals surface area contributed by atoms with Crippen LogP contribution in [0.1, 0.15) is 22.8 Å². The molecule has 7 heteroatoms. The second-order valence-corrected chi connectivity index (χ2v) is 5.05. The molecule has 0 aromatic heterocycles. The molecule has 0 aliphatic rings. The van der Waals surface area contributed by atoms with E-state index in [9.17, 15) is 14.9 Å². The zero-order valence-electron chi connectivity index (χ0n) is 13.5. The quantitative estimate of drug-likeness (QED) is 0.602. The molecule has 0 heterocycles. The maximum absolute atomic E-state index is 11.7. The first-order chi connectivity index (χ1) is 11.5. The van der Waals surface area contributed by atoms with Gasteiger partial charge in [0.25, 0.3) is 5.91 Å². The fourth-order valence-electron chi connectivity index (χ4n) is 2.19. The third-order valence-electron chi connectivity index (χ3n) is 3.42. The Hall–Kier alpha value is -3.09. The van der Waals surface area contributed by atoms with E-state index in [2.05, 4.69) is 10.6 Å². The average Bonchev–Trinajstić information content (AvgIpc) is 2.60. The van der Waals surface area contributed by atoms with Crippen molar-refractivity contribution < 1.29 is 14.5 Å². The van der Waals surface area contributed by atoms with E-state index in [0.29, 0.717) is 18.7 Å². The highest BCUT2D eigenvalue weighted by atomic mass is 16.6. The summed E-state index contributed by atoms with van der Waals surface area (Å²) in [6.07, 6.45) is 0. The average molecular weight is 329 g/mol. The van der Waals surface area contributed by atoms with Gasteiger partial charge in [-0.15, -0.1) is 0 Å². The van der Waals surface area contributed by atoms with Gasteiger partial charge in [-0.3, -0.25) is 14.9 Å². The number of carbonyl (C=O) groups excluding carboxylic acids is 1. The standard InChI is InChI=1S/C17H19N3O4/c1-3-18-17(21)13-5-7-14(8-6-13)19-11-12-4-9-16(24-2)15(10-12)20(22)23/h4-10,19H,3,11H2,1-2H3,(H,18,21). The van der Waals surface area contributed by atoms with E-state index in [1.165, 1.54) is 13.2 Å². The first-order valence-corrected chi connectivity index (χ1v) is 7.48. The molecule has 1 amide bonds. The first kappa shape index (κ1) is 17.3. The van der Waals surface area contributed by atoms with Gasteiger partial charge in [0.2, 0.25) is 0 Å².